The van der Waals surface area contributed by atoms with Crippen LogP contribution in [0.15, 0.2) is 52.0 Å². The Morgan fingerprint density at radius 2 is 1.96 bits per heavy atom. The molecule has 2 aromatic rings. The number of sulfonamides is 1. The van der Waals surface area contributed by atoms with E-state index in [0.29, 0.717) is 5.92 Å². The molecule has 5 nitrogen and oxygen atoms in total. The van der Waals surface area contributed by atoms with Crippen molar-refractivity contribution in [2.75, 3.05) is 19.6 Å². The van der Waals surface area contributed by atoms with Crippen LogP contribution < -0.4 is 4.72 Å². The molecule has 1 N–H and O–H groups in total. The molecule has 1 aromatic carbocycles. The van der Waals surface area contributed by atoms with Crippen molar-refractivity contribution in [3.05, 3.63) is 53.4 Å². The summed E-state index contributed by atoms with van der Waals surface area (Å²) < 4.78 is 33.5. The van der Waals surface area contributed by atoms with Crippen LogP contribution in [-0.2, 0) is 10.0 Å². The molecule has 1 aliphatic heterocycles. The fourth-order valence-electron chi connectivity index (χ4n) is 3.16. The smallest absolute Gasteiger partial charge is 0.242 e. The zero-order valence-corrected chi connectivity index (χ0v) is 15.8. The average Bonchev–Trinajstić information content (AvgIpc) is 3.11. The van der Waals surface area contributed by atoms with Gasteiger partial charge in [-0.05, 0) is 56.1 Å². The lowest BCUT2D eigenvalue weighted by Crippen LogP contribution is -2.41. The molecule has 0 amide bonds. The van der Waals surface area contributed by atoms with Crippen LogP contribution in [0.25, 0.3) is 0 Å². The molecule has 1 unspecified atom stereocenters. The van der Waals surface area contributed by atoms with Gasteiger partial charge >= 0.3 is 0 Å². The number of piperidine rings is 1. The summed E-state index contributed by atoms with van der Waals surface area (Å²) in [6, 6.07) is 10.1. The van der Waals surface area contributed by atoms with Crippen LogP contribution in [-0.4, -0.2) is 33.0 Å². The second-order valence-electron chi connectivity index (χ2n) is 6.53. The first-order valence-corrected chi connectivity index (χ1v) is 10.3. The minimum atomic E-state index is -3.68. The molecular weight excluding hydrogens is 360 g/mol. The first-order valence-electron chi connectivity index (χ1n) is 8.49. The van der Waals surface area contributed by atoms with Crippen LogP contribution in [0.3, 0.4) is 0 Å². The largest absolute Gasteiger partial charge is 0.468 e. The Kier molecular flexibility index (Phi) is 5.84. The fraction of sp³-hybridized carbons (Fsp3) is 0.444. The first kappa shape index (κ1) is 18.5. The molecule has 3 rings (SSSR count). The summed E-state index contributed by atoms with van der Waals surface area (Å²) in [7, 11) is -3.68. The highest BCUT2D eigenvalue weighted by atomic mass is 35.5. The van der Waals surface area contributed by atoms with E-state index in [-0.39, 0.29) is 22.5 Å². The number of hydrogen-bond donors (Lipinski definition) is 1. The number of rotatable bonds is 6. The van der Waals surface area contributed by atoms with Crippen molar-refractivity contribution in [3.8, 4) is 0 Å². The number of furan rings is 1. The zero-order chi connectivity index (χ0) is 17.9. The predicted octanol–water partition coefficient (Wildman–Crippen LogP) is 3.68. The molecule has 0 saturated carbocycles. The summed E-state index contributed by atoms with van der Waals surface area (Å²) >= 11 is 6.04. The van der Waals surface area contributed by atoms with E-state index < -0.39 is 10.0 Å². The van der Waals surface area contributed by atoms with Crippen LogP contribution in [0.5, 0.6) is 0 Å². The monoisotopic (exact) mass is 382 g/mol. The van der Waals surface area contributed by atoms with Gasteiger partial charge in [-0.1, -0.05) is 30.7 Å². The van der Waals surface area contributed by atoms with Gasteiger partial charge in [-0.2, -0.15) is 0 Å². The van der Waals surface area contributed by atoms with Crippen LogP contribution in [0.2, 0.25) is 5.02 Å². The second kappa shape index (κ2) is 7.91. The van der Waals surface area contributed by atoms with Gasteiger partial charge in [0, 0.05) is 6.54 Å². The quantitative estimate of drug-likeness (QED) is 0.827. The predicted molar refractivity (Wildman–Crippen MR) is 98.1 cm³/mol. The maximum Gasteiger partial charge on any atom is 0.242 e. The van der Waals surface area contributed by atoms with E-state index in [4.69, 9.17) is 16.0 Å². The van der Waals surface area contributed by atoms with E-state index >= 15 is 0 Å². The topological polar surface area (TPSA) is 62.6 Å². The van der Waals surface area contributed by atoms with E-state index in [1.165, 1.54) is 6.07 Å². The summed E-state index contributed by atoms with van der Waals surface area (Å²) in [5.41, 5.74) is 0. The number of hydrogen-bond acceptors (Lipinski definition) is 4. The van der Waals surface area contributed by atoms with Gasteiger partial charge in [0.15, 0.2) is 0 Å². The van der Waals surface area contributed by atoms with E-state index in [0.717, 1.165) is 31.7 Å². The minimum Gasteiger partial charge on any atom is -0.468 e. The van der Waals surface area contributed by atoms with Crippen molar-refractivity contribution >= 4 is 21.6 Å². The molecule has 136 valence electrons. The van der Waals surface area contributed by atoms with Gasteiger partial charge in [-0.15, -0.1) is 0 Å². The molecule has 1 saturated heterocycles. The highest BCUT2D eigenvalue weighted by Crippen LogP contribution is 2.27. The molecule has 1 aromatic heterocycles. The highest BCUT2D eigenvalue weighted by Gasteiger charge is 2.28. The highest BCUT2D eigenvalue weighted by molar-refractivity contribution is 7.89. The Labute approximate surface area is 154 Å². The Bertz CT molecular complexity index is 784. The lowest BCUT2D eigenvalue weighted by molar-refractivity contribution is 0.125. The normalized spacial score (nSPS) is 18.3. The van der Waals surface area contributed by atoms with E-state index in [2.05, 4.69) is 16.5 Å². The molecule has 1 atom stereocenters. The number of nitrogens with zero attached hydrogens (tertiary/aromatic N) is 1. The molecular formula is C18H23ClN2O3S. The van der Waals surface area contributed by atoms with Gasteiger partial charge in [0.25, 0.3) is 0 Å². The van der Waals surface area contributed by atoms with Crippen molar-refractivity contribution in [1.29, 1.82) is 0 Å². The summed E-state index contributed by atoms with van der Waals surface area (Å²) in [5.74, 6) is 1.48. The molecule has 0 radical (unpaired) electrons. The van der Waals surface area contributed by atoms with Crippen molar-refractivity contribution < 1.29 is 12.8 Å². The minimum absolute atomic E-state index is 0.0992. The molecule has 2 heterocycles. The number of likely N-dealkylation sites (tertiary alicyclic amines) is 1. The molecule has 7 heteroatoms. The Hall–Kier alpha value is -1.34. The first-order chi connectivity index (χ1) is 12.0. The van der Waals surface area contributed by atoms with Crippen molar-refractivity contribution in [1.82, 2.24) is 9.62 Å². The number of nitrogens with one attached hydrogen (secondary N) is 1. The molecule has 0 bridgehead atoms. The Balaban J connectivity index is 1.76. The standard InChI is InChI=1S/C18H23ClN2O3S/c1-14-8-10-21(11-9-14)16(17-6-4-12-24-17)13-20-25(22,23)18-7-3-2-5-15(18)19/h2-7,12,14,16,20H,8-11,13H2,1H3. The Morgan fingerprint density at radius 3 is 2.60 bits per heavy atom. The summed E-state index contributed by atoms with van der Waals surface area (Å²) in [6.07, 6.45) is 3.83. The van der Waals surface area contributed by atoms with Crippen LogP contribution in [0.4, 0.5) is 0 Å². The van der Waals surface area contributed by atoms with Crippen molar-refractivity contribution in [3.63, 3.8) is 0 Å². The summed E-state index contributed by atoms with van der Waals surface area (Å²) in [4.78, 5) is 2.38. The third-order valence-corrected chi connectivity index (χ3v) is 6.65. The van der Waals surface area contributed by atoms with Crippen molar-refractivity contribution in [2.45, 2.75) is 30.7 Å². The SMILES string of the molecule is CC1CCN(C(CNS(=O)(=O)c2ccccc2Cl)c2ccco2)CC1. The molecule has 1 aliphatic rings. The third kappa shape index (κ3) is 4.44. The van der Waals surface area contributed by atoms with Gasteiger partial charge in [0.05, 0.1) is 17.3 Å². The summed E-state index contributed by atoms with van der Waals surface area (Å²) in [6.45, 7) is 4.36. The zero-order valence-electron chi connectivity index (χ0n) is 14.2. The van der Waals surface area contributed by atoms with Gasteiger partial charge < -0.3 is 4.42 Å². The van der Waals surface area contributed by atoms with E-state index in [9.17, 15) is 8.42 Å². The van der Waals surface area contributed by atoms with Gasteiger partial charge in [-0.25, -0.2) is 13.1 Å². The van der Waals surface area contributed by atoms with E-state index in [1.54, 1.807) is 24.5 Å². The molecule has 0 aliphatic carbocycles. The van der Waals surface area contributed by atoms with Gasteiger partial charge in [-0.3, -0.25) is 4.90 Å². The fourth-order valence-corrected chi connectivity index (χ4v) is 4.72. The van der Waals surface area contributed by atoms with Gasteiger partial charge in [0.1, 0.15) is 10.7 Å². The summed E-state index contributed by atoms with van der Waals surface area (Å²) in [5, 5.41) is 0.219. The lowest BCUT2D eigenvalue weighted by Gasteiger charge is -2.35. The number of benzene rings is 1. The average molecular weight is 383 g/mol. The van der Waals surface area contributed by atoms with Gasteiger partial charge in [0.2, 0.25) is 10.0 Å². The van der Waals surface area contributed by atoms with Crippen molar-refractivity contribution in [2.24, 2.45) is 5.92 Å². The lowest BCUT2D eigenvalue weighted by atomic mass is 9.97. The van der Waals surface area contributed by atoms with Crippen LogP contribution in [0, 0.1) is 5.92 Å². The van der Waals surface area contributed by atoms with Crippen LogP contribution >= 0.6 is 11.6 Å². The number of halogens is 1. The molecule has 1 fully saturated rings. The molecule has 25 heavy (non-hydrogen) atoms. The van der Waals surface area contributed by atoms with Crippen LogP contribution in [0.1, 0.15) is 31.6 Å². The third-order valence-electron chi connectivity index (χ3n) is 4.72. The second-order valence-corrected chi connectivity index (χ2v) is 8.67. The molecule has 0 spiro atoms. The Morgan fingerprint density at radius 1 is 1.24 bits per heavy atom. The van der Waals surface area contributed by atoms with E-state index in [1.807, 2.05) is 12.1 Å². The maximum absolute atomic E-state index is 12.6. The maximum atomic E-state index is 12.6.